The van der Waals surface area contributed by atoms with Gasteiger partial charge in [0.05, 0.1) is 0 Å². The van der Waals surface area contributed by atoms with Gasteiger partial charge >= 0.3 is 0 Å². The summed E-state index contributed by atoms with van der Waals surface area (Å²) in [7, 11) is 0. The molecule has 1 aliphatic carbocycles. The van der Waals surface area contributed by atoms with Gasteiger partial charge < -0.3 is 0 Å². The summed E-state index contributed by atoms with van der Waals surface area (Å²) in [5.74, 6) is 1.90. The van der Waals surface area contributed by atoms with E-state index in [-0.39, 0.29) is 0 Å². The Morgan fingerprint density at radius 1 is 1.21 bits per heavy atom. The highest BCUT2D eigenvalue weighted by atomic mass is 14.2. The largest absolute Gasteiger partial charge is 0.0999 e. The van der Waals surface area contributed by atoms with Crippen LogP contribution in [0.5, 0.6) is 0 Å². The second-order valence-electron chi connectivity index (χ2n) is 4.66. The molecule has 0 aromatic carbocycles. The lowest BCUT2D eigenvalue weighted by molar-refractivity contribution is 0.353. The van der Waals surface area contributed by atoms with Crippen molar-refractivity contribution in [2.45, 2.75) is 66.2 Å². The summed E-state index contributed by atoms with van der Waals surface area (Å²) in [5, 5.41) is 0. The van der Waals surface area contributed by atoms with Crippen molar-refractivity contribution in [3.05, 3.63) is 12.2 Å². The van der Waals surface area contributed by atoms with Gasteiger partial charge in [0.2, 0.25) is 0 Å². The van der Waals surface area contributed by atoms with Crippen LogP contribution in [0, 0.1) is 11.8 Å². The lowest BCUT2D eigenvalue weighted by Crippen LogP contribution is -2.08. The van der Waals surface area contributed by atoms with E-state index >= 15 is 0 Å². The van der Waals surface area contributed by atoms with E-state index in [1.807, 2.05) is 13.8 Å². The minimum Gasteiger partial charge on any atom is -0.0999 e. The first kappa shape index (κ1) is 13.7. The van der Waals surface area contributed by atoms with Crippen LogP contribution in [0.2, 0.25) is 0 Å². The lowest BCUT2D eigenvalue weighted by Gasteiger charge is -2.23. The first-order valence-electron chi connectivity index (χ1n) is 6.35. The summed E-state index contributed by atoms with van der Waals surface area (Å²) < 4.78 is 0. The Bertz CT molecular complexity index is 134. The third-order valence-corrected chi connectivity index (χ3v) is 2.96. The molecular weight excluding hydrogens is 168 g/mol. The number of allylic oxidation sites excluding steroid dienone is 1. The Morgan fingerprint density at radius 3 is 2.14 bits per heavy atom. The van der Waals surface area contributed by atoms with E-state index in [4.69, 9.17) is 0 Å². The number of rotatable bonds is 3. The van der Waals surface area contributed by atoms with Crippen molar-refractivity contribution in [1.29, 1.82) is 0 Å². The van der Waals surface area contributed by atoms with Gasteiger partial charge in [-0.15, -0.1) is 0 Å². The zero-order valence-electron chi connectivity index (χ0n) is 10.6. The summed E-state index contributed by atoms with van der Waals surface area (Å²) in [5.41, 5.74) is 1.48. The molecule has 0 unspecified atom stereocenters. The molecule has 0 aromatic rings. The van der Waals surface area contributed by atoms with E-state index < -0.39 is 0 Å². The predicted octanol–water partition coefficient (Wildman–Crippen LogP) is 5.20. The normalized spacial score (nSPS) is 17.9. The predicted molar refractivity (Wildman–Crippen MR) is 66.5 cm³/mol. The van der Waals surface area contributed by atoms with Crippen LogP contribution >= 0.6 is 0 Å². The molecule has 0 spiro atoms. The topological polar surface area (TPSA) is 0 Å². The second kappa shape index (κ2) is 8.08. The molecule has 0 radical (unpaired) electrons. The molecule has 0 N–H and O–H groups in total. The monoisotopic (exact) mass is 196 g/mol. The van der Waals surface area contributed by atoms with Gasteiger partial charge in [0.15, 0.2) is 0 Å². The van der Waals surface area contributed by atoms with Gasteiger partial charge in [0, 0.05) is 0 Å². The lowest BCUT2D eigenvalue weighted by atomic mass is 9.83. The SMILES string of the molecule is C=C1CCC(CCC(C)C)CC1.CC. The van der Waals surface area contributed by atoms with E-state index in [0.29, 0.717) is 0 Å². The van der Waals surface area contributed by atoms with Crippen molar-refractivity contribution < 1.29 is 0 Å². The molecule has 0 atom stereocenters. The summed E-state index contributed by atoms with van der Waals surface area (Å²) >= 11 is 0. The average Bonchev–Trinajstić information content (AvgIpc) is 2.20. The third-order valence-electron chi connectivity index (χ3n) is 2.96. The summed E-state index contributed by atoms with van der Waals surface area (Å²) in [4.78, 5) is 0. The van der Waals surface area contributed by atoms with E-state index in [2.05, 4.69) is 20.4 Å². The maximum absolute atomic E-state index is 4.04. The molecule has 0 aliphatic heterocycles. The van der Waals surface area contributed by atoms with Gasteiger partial charge in [-0.25, -0.2) is 0 Å². The van der Waals surface area contributed by atoms with E-state index in [1.54, 1.807) is 0 Å². The van der Waals surface area contributed by atoms with Crippen molar-refractivity contribution in [3.63, 3.8) is 0 Å². The molecule has 14 heavy (non-hydrogen) atoms. The van der Waals surface area contributed by atoms with Crippen molar-refractivity contribution in [1.82, 2.24) is 0 Å². The van der Waals surface area contributed by atoms with Gasteiger partial charge in [-0.1, -0.05) is 52.7 Å². The van der Waals surface area contributed by atoms with Gasteiger partial charge in [0.25, 0.3) is 0 Å². The van der Waals surface area contributed by atoms with E-state index in [0.717, 1.165) is 11.8 Å². The molecule has 0 aromatic heterocycles. The minimum absolute atomic E-state index is 0.884. The fraction of sp³-hybridized carbons (Fsp3) is 0.857. The molecule has 1 aliphatic rings. The van der Waals surface area contributed by atoms with Crippen LogP contribution in [0.1, 0.15) is 66.2 Å². The van der Waals surface area contributed by atoms with Gasteiger partial charge in [0.1, 0.15) is 0 Å². The Labute approximate surface area is 90.8 Å². The first-order valence-corrected chi connectivity index (χ1v) is 6.35. The highest BCUT2D eigenvalue weighted by molar-refractivity contribution is 4.98. The summed E-state index contributed by atoms with van der Waals surface area (Å²) in [6, 6.07) is 0. The maximum atomic E-state index is 4.04. The molecular formula is C14H28. The van der Waals surface area contributed by atoms with E-state index in [9.17, 15) is 0 Å². The van der Waals surface area contributed by atoms with E-state index in [1.165, 1.54) is 44.1 Å². The highest BCUT2D eigenvalue weighted by Gasteiger charge is 2.15. The fourth-order valence-electron chi connectivity index (χ4n) is 1.94. The first-order chi connectivity index (χ1) is 6.68. The minimum atomic E-state index is 0.884. The molecule has 84 valence electrons. The molecule has 1 rings (SSSR count). The van der Waals surface area contributed by atoms with Crippen LogP contribution in [-0.2, 0) is 0 Å². The van der Waals surface area contributed by atoms with Crippen LogP contribution in [0.25, 0.3) is 0 Å². The zero-order chi connectivity index (χ0) is 11.0. The summed E-state index contributed by atoms with van der Waals surface area (Å²) in [6.45, 7) is 12.7. The van der Waals surface area contributed by atoms with Crippen LogP contribution in [0.15, 0.2) is 12.2 Å². The third kappa shape index (κ3) is 6.23. The molecule has 0 nitrogen and oxygen atoms in total. The molecule has 1 fully saturated rings. The van der Waals surface area contributed by atoms with Gasteiger partial charge in [-0.3, -0.25) is 0 Å². The highest BCUT2D eigenvalue weighted by Crippen LogP contribution is 2.30. The Balaban J connectivity index is 0.000000791. The Kier molecular flexibility index (Phi) is 7.93. The van der Waals surface area contributed by atoms with Gasteiger partial charge in [-0.05, 0) is 37.5 Å². The average molecular weight is 196 g/mol. The van der Waals surface area contributed by atoms with Crippen LogP contribution < -0.4 is 0 Å². The second-order valence-corrected chi connectivity index (χ2v) is 4.66. The van der Waals surface area contributed by atoms with Crippen molar-refractivity contribution in [2.24, 2.45) is 11.8 Å². The Hall–Kier alpha value is -0.260. The summed E-state index contributed by atoms with van der Waals surface area (Å²) in [6.07, 6.45) is 8.27. The molecule has 0 bridgehead atoms. The molecule has 1 saturated carbocycles. The van der Waals surface area contributed by atoms with Crippen molar-refractivity contribution in [3.8, 4) is 0 Å². The number of hydrogen-bond acceptors (Lipinski definition) is 0. The van der Waals surface area contributed by atoms with Gasteiger partial charge in [-0.2, -0.15) is 0 Å². The van der Waals surface area contributed by atoms with Crippen molar-refractivity contribution >= 4 is 0 Å². The smallest absolute Gasteiger partial charge is 0.0320 e. The van der Waals surface area contributed by atoms with Crippen LogP contribution in [0.4, 0.5) is 0 Å². The Morgan fingerprint density at radius 2 is 1.71 bits per heavy atom. The van der Waals surface area contributed by atoms with Crippen LogP contribution in [-0.4, -0.2) is 0 Å². The molecule has 0 heteroatoms. The zero-order valence-corrected chi connectivity index (χ0v) is 10.6. The fourth-order valence-corrected chi connectivity index (χ4v) is 1.94. The maximum Gasteiger partial charge on any atom is -0.0320 e. The standard InChI is InChI=1S/C12H22.C2H6/c1-10(2)4-7-12-8-5-11(3)6-9-12;1-2/h10,12H,3-9H2,1-2H3;1-2H3. The number of hydrogen-bond donors (Lipinski definition) is 0. The van der Waals surface area contributed by atoms with Crippen molar-refractivity contribution in [2.75, 3.05) is 0 Å². The molecule has 0 saturated heterocycles. The molecule has 0 heterocycles. The quantitative estimate of drug-likeness (QED) is 0.545. The van der Waals surface area contributed by atoms with Crippen LogP contribution in [0.3, 0.4) is 0 Å². The molecule has 0 amide bonds.